The second-order valence-corrected chi connectivity index (χ2v) is 14.4. The molecule has 0 bridgehead atoms. The summed E-state index contributed by atoms with van der Waals surface area (Å²) in [6, 6.07) is 13.6. The second kappa shape index (κ2) is 16.0. The number of rotatable bonds is 13. The fourth-order valence-corrected chi connectivity index (χ4v) is 6.79. The van der Waals surface area contributed by atoms with E-state index in [1.807, 2.05) is 30.3 Å². The molecule has 0 saturated carbocycles. The van der Waals surface area contributed by atoms with Gasteiger partial charge in [-0.3, -0.25) is 34.6 Å². The quantitative estimate of drug-likeness (QED) is 0.138. The van der Waals surface area contributed by atoms with Gasteiger partial charge >= 0.3 is 12.1 Å². The third kappa shape index (κ3) is 9.98. The van der Waals surface area contributed by atoms with E-state index in [1.165, 1.54) is 31.4 Å². The number of nitrogens with one attached hydrogen (secondary N) is 2. The maximum absolute atomic E-state index is 13.0. The predicted octanol–water partition coefficient (Wildman–Crippen LogP) is 4.14. The predicted molar refractivity (Wildman–Crippen MR) is 175 cm³/mol. The SMILES string of the molecule is CC(C)(C)OC(=O)CN(Cc1ccccc1)C(=O)CCSSCCOC(=O)Nc1cccc2c1CN(C1CCC(=O)NC1=O)C2=O. The van der Waals surface area contributed by atoms with Gasteiger partial charge in [0.25, 0.3) is 5.91 Å². The summed E-state index contributed by atoms with van der Waals surface area (Å²) in [5, 5.41) is 4.96. The first-order valence-corrected chi connectivity index (χ1v) is 17.4. The van der Waals surface area contributed by atoms with Crippen molar-refractivity contribution in [2.24, 2.45) is 0 Å². The van der Waals surface area contributed by atoms with Crippen LogP contribution in [0.15, 0.2) is 48.5 Å². The molecule has 246 valence electrons. The second-order valence-electron chi connectivity index (χ2n) is 11.7. The molecule has 2 heterocycles. The normalized spacial score (nSPS) is 16.0. The lowest BCUT2D eigenvalue weighted by atomic mass is 10.0. The van der Waals surface area contributed by atoms with E-state index in [0.717, 1.165) is 5.56 Å². The van der Waals surface area contributed by atoms with Crippen LogP contribution in [-0.2, 0) is 41.7 Å². The third-order valence-corrected chi connectivity index (χ3v) is 9.38. The maximum Gasteiger partial charge on any atom is 0.411 e. The van der Waals surface area contributed by atoms with E-state index in [-0.39, 0.29) is 56.7 Å². The van der Waals surface area contributed by atoms with Crippen LogP contribution in [0.1, 0.15) is 61.5 Å². The van der Waals surface area contributed by atoms with E-state index in [2.05, 4.69) is 10.6 Å². The number of ether oxygens (including phenoxy) is 2. The summed E-state index contributed by atoms with van der Waals surface area (Å²) in [5.74, 6) is -0.842. The molecule has 2 aliphatic rings. The Balaban J connectivity index is 1.18. The van der Waals surface area contributed by atoms with Crippen LogP contribution in [0.4, 0.5) is 10.5 Å². The molecule has 1 fully saturated rings. The van der Waals surface area contributed by atoms with Crippen molar-refractivity contribution >= 4 is 63.0 Å². The van der Waals surface area contributed by atoms with Crippen molar-refractivity contribution < 1.29 is 38.2 Å². The number of imide groups is 1. The number of hydrogen-bond acceptors (Lipinski definition) is 10. The largest absolute Gasteiger partial charge is 0.459 e. The molecule has 46 heavy (non-hydrogen) atoms. The van der Waals surface area contributed by atoms with Gasteiger partial charge in [-0.15, -0.1) is 0 Å². The van der Waals surface area contributed by atoms with Gasteiger partial charge < -0.3 is 19.3 Å². The number of amides is 5. The number of carbonyl (C=O) groups is 6. The molecule has 4 rings (SSSR count). The summed E-state index contributed by atoms with van der Waals surface area (Å²) < 4.78 is 10.7. The highest BCUT2D eigenvalue weighted by molar-refractivity contribution is 8.76. The van der Waals surface area contributed by atoms with Crippen molar-refractivity contribution in [1.29, 1.82) is 0 Å². The zero-order valence-electron chi connectivity index (χ0n) is 26.0. The highest BCUT2D eigenvalue weighted by Crippen LogP contribution is 2.32. The molecule has 12 nitrogen and oxygen atoms in total. The van der Waals surface area contributed by atoms with Crippen LogP contribution in [-0.4, -0.2) is 81.8 Å². The number of piperidine rings is 1. The smallest absolute Gasteiger partial charge is 0.411 e. The highest BCUT2D eigenvalue weighted by Gasteiger charge is 2.40. The van der Waals surface area contributed by atoms with Crippen molar-refractivity contribution in [1.82, 2.24) is 15.1 Å². The molecule has 1 unspecified atom stereocenters. The monoisotopic (exact) mass is 670 g/mol. The summed E-state index contributed by atoms with van der Waals surface area (Å²) in [4.78, 5) is 77.7. The van der Waals surface area contributed by atoms with Crippen molar-refractivity contribution in [3.8, 4) is 0 Å². The molecule has 2 aromatic rings. The Hall–Kier alpha value is -4.04. The Bertz CT molecular complexity index is 1460. The van der Waals surface area contributed by atoms with Gasteiger partial charge in [-0.2, -0.15) is 0 Å². The molecule has 5 amide bonds. The van der Waals surface area contributed by atoms with Gasteiger partial charge in [0.1, 0.15) is 24.8 Å². The molecular weight excluding hydrogens is 633 g/mol. The van der Waals surface area contributed by atoms with Crippen LogP contribution < -0.4 is 10.6 Å². The minimum atomic E-state index is -0.751. The van der Waals surface area contributed by atoms with Crippen LogP contribution in [0.25, 0.3) is 0 Å². The third-order valence-electron chi connectivity index (χ3n) is 7.01. The molecule has 0 aromatic heterocycles. The van der Waals surface area contributed by atoms with Gasteiger partial charge in [0.05, 0.1) is 0 Å². The Morgan fingerprint density at radius 2 is 1.76 bits per heavy atom. The van der Waals surface area contributed by atoms with Gasteiger partial charge in [0.2, 0.25) is 17.7 Å². The highest BCUT2D eigenvalue weighted by atomic mass is 33.1. The van der Waals surface area contributed by atoms with Crippen LogP contribution in [0.5, 0.6) is 0 Å². The van der Waals surface area contributed by atoms with E-state index in [0.29, 0.717) is 34.9 Å². The van der Waals surface area contributed by atoms with E-state index in [9.17, 15) is 28.8 Å². The van der Waals surface area contributed by atoms with Crippen molar-refractivity contribution in [3.63, 3.8) is 0 Å². The minimum Gasteiger partial charge on any atom is -0.459 e. The van der Waals surface area contributed by atoms with Crippen LogP contribution in [0.3, 0.4) is 0 Å². The lowest BCUT2D eigenvalue weighted by Gasteiger charge is -2.29. The van der Waals surface area contributed by atoms with Gasteiger partial charge in [-0.25, -0.2) is 4.79 Å². The summed E-state index contributed by atoms with van der Waals surface area (Å²) in [5.41, 5.74) is 1.64. The zero-order chi connectivity index (χ0) is 33.3. The molecule has 0 aliphatic carbocycles. The fraction of sp³-hybridized carbons (Fsp3) is 0.438. The maximum atomic E-state index is 13.0. The number of anilines is 1. The summed E-state index contributed by atoms with van der Waals surface area (Å²) in [6.07, 6.45) is -0.0550. The molecule has 2 aliphatic heterocycles. The standard InChI is InChI=1S/C32H38N4O8S2/c1-32(2,3)44-28(39)20-35(18-21-8-5-4-6-9-21)27(38)14-16-45-46-17-15-43-31(42)33-24-11-7-10-22-23(24)19-36(30(22)41)25-12-13-26(37)34-29(25)40/h4-11,25H,12-20H2,1-3H3,(H,33,42)(H,34,37,40). The number of nitrogens with zero attached hydrogens (tertiary/aromatic N) is 2. The van der Waals surface area contributed by atoms with E-state index in [1.54, 1.807) is 39.0 Å². The van der Waals surface area contributed by atoms with E-state index < -0.39 is 29.6 Å². The average Bonchev–Trinajstić information content (AvgIpc) is 3.32. The number of fused-ring (bicyclic) bond motifs is 1. The lowest BCUT2D eigenvalue weighted by Crippen LogP contribution is -2.52. The van der Waals surface area contributed by atoms with Gasteiger partial charge in [-0.05, 0) is 44.9 Å². The molecule has 1 atom stereocenters. The van der Waals surface area contributed by atoms with Crippen molar-refractivity contribution in [3.05, 3.63) is 65.2 Å². The zero-order valence-corrected chi connectivity index (χ0v) is 27.7. The number of carbonyl (C=O) groups excluding carboxylic acids is 6. The summed E-state index contributed by atoms with van der Waals surface area (Å²) in [6.45, 7) is 5.75. The molecule has 2 N–H and O–H groups in total. The number of benzene rings is 2. The molecular formula is C32H38N4O8S2. The van der Waals surface area contributed by atoms with Crippen LogP contribution in [0.2, 0.25) is 0 Å². The molecule has 0 radical (unpaired) electrons. The Morgan fingerprint density at radius 3 is 2.48 bits per heavy atom. The van der Waals surface area contributed by atoms with Crippen molar-refractivity contribution in [2.45, 2.75) is 64.8 Å². The lowest BCUT2D eigenvalue weighted by molar-refractivity contribution is -0.159. The first-order chi connectivity index (χ1) is 21.9. The number of esters is 1. The molecule has 0 spiro atoms. The Labute approximate surface area is 275 Å². The molecule has 1 saturated heterocycles. The van der Waals surface area contributed by atoms with Gasteiger partial charge in [0, 0.05) is 54.3 Å². The van der Waals surface area contributed by atoms with Gasteiger partial charge in [-0.1, -0.05) is 58.0 Å². The minimum absolute atomic E-state index is 0.118. The average molecular weight is 671 g/mol. The fourth-order valence-electron chi connectivity index (χ4n) is 4.99. The molecule has 2 aromatic carbocycles. The summed E-state index contributed by atoms with van der Waals surface area (Å²) in [7, 11) is 2.92. The first-order valence-electron chi connectivity index (χ1n) is 14.9. The van der Waals surface area contributed by atoms with E-state index in [4.69, 9.17) is 9.47 Å². The van der Waals surface area contributed by atoms with Gasteiger partial charge in [0.15, 0.2) is 0 Å². The summed E-state index contributed by atoms with van der Waals surface area (Å²) >= 11 is 0. The van der Waals surface area contributed by atoms with E-state index >= 15 is 0 Å². The Kier molecular flexibility index (Phi) is 12.1. The van der Waals surface area contributed by atoms with Crippen molar-refractivity contribution in [2.75, 3.05) is 30.0 Å². The first kappa shape index (κ1) is 34.8. The topological polar surface area (TPSA) is 151 Å². The van der Waals surface area contributed by atoms with Crippen LogP contribution >= 0.6 is 21.6 Å². The Morgan fingerprint density at radius 1 is 1.02 bits per heavy atom. The number of hydrogen-bond donors (Lipinski definition) is 2. The molecule has 14 heteroatoms. The van der Waals surface area contributed by atoms with Crippen LogP contribution in [0, 0.1) is 0 Å².